The van der Waals surface area contributed by atoms with Crippen molar-refractivity contribution in [1.82, 2.24) is 5.32 Å². The van der Waals surface area contributed by atoms with Gasteiger partial charge >= 0.3 is 0 Å². The number of hydrogen-bond donors (Lipinski definition) is 1. The maximum atomic E-state index is 11.9. The van der Waals surface area contributed by atoms with E-state index in [4.69, 9.17) is 4.74 Å². The fourth-order valence-electron chi connectivity index (χ4n) is 1.41. The number of benzene rings is 1. The molecule has 0 aliphatic heterocycles. The van der Waals surface area contributed by atoms with Crippen LogP contribution in [0, 0.1) is 5.41 Å². The van der Waals surface area contributed by atoms with Crippen molar-refractivity contribution in [2.75, 3.05) is 7.11 Å². The first kappa shape index (κ1) is 13.6. The maximum absolute atomic E-state index is 11.9. The van der Waals surface area contributed by atoms with Crippen LogP contribution in [0.25, 0.3) is 0 Å². The Morgan fingerprint density at radius 1 is 1.35 bits per heavy atom. The molecule has 0 radical (unpaired) electrons. The Bertz CT molecular complexity index is 393. The zero-order valence-corrected chi connectivity index (χ0v) is 11.2. The van der Waals surface area contributed by atoms with E-state index in [0.717, 1.165) is 11.3 Å². The molecule has 1 aromatic carbocycles. The van der Waals surface area contributed by atoms with Crippen LogP contribution < -0.4 is 10.1 Å². The molecular formula is C14H21NO2. The quantitative estimate of drug-likeness (QED) is 0.874. The first-order chi connectivity index (χ1) is 7.84. The van der Waals surface area contributed by atoms with E-state index < -0.39 is 0 Å². The predicted molar refractivity (Wildman–Crippen MR) is 69.0 cm³/mol. The minimum absolute atomic E-state index is 0.0168. The Kier molecular flexibility index (Phi) is 4.16. The summed E-state index contributed by atoms with van der Waals surface area (Å²) < 4.78 is 5.16. The van der Waals surface area contributed by atoms with Crippen molar-refractivity contribution in [3.8, 4) is 5.75 Å². The van der Waals surface area contributed by atoms with Crippen molar-refractivity contribution in [3.63, 3.8) is 0 Å². The fourth-order valence-corrected chi connectivity index (χ4v) is 1.41. The highest BCUT2D eigenvalue weighted by Crippen LogP contribution is 2.21. The maximum Gasteiger partial charge on any atom is 0.225 e. The number of carbonyl (C=O) groups is 1. The van der Waals surface area contributed by atoms with Gasteiger partial charge in [-0.2, -0.15) is 0 Å². The van der Waals surface area contributed by atoms with Crippen LogP contribution in [0.2, 0.25) is 0 Å². The summed E-state index contributed by atoms with van der Waals surface area (Å²) in [6.07, 6.45) is 0. The van der Waals surface area contributed by atoms with Gasteiger partial charge in [-0.05, 0) is 24.6 Å². The highest BCUT2D eigenvalue weighted by Gasteiger charge is 2.22. The minimum Gasteiger partial charge on any atom is -0.497 e. The SMILES string of the molecule is COc1cccc([C@@H](C)NC(=O)C(C)(C)C)c1. The third-order valence-electron chi connectivity index (χ3n) is 2.62. The Morgan fingerprint density at radius 3 is 2.53 bits per heavy atom. The molecular weight excluding hydrogens is 214 g/mol. The fraction of sp³-hybridized carbons (Fsp3) is 0.500. The van der Waals surface area contributed by atoms with Crippen LogP contribution in [0.1, 0.15) is 39.3 Å². The molecule has 0 unspecified atom stereocenters. The predicted octanol–water partition coefficient (Wildman–Crippen LogP) is 2.92. The molecule has 1 N–H and O–H groups in total. The summed E-state index contributed by atoms with van der Waals surface area (Å²) in [5.74, 6) is 0.854. The first-order valence-electron chi connectivity index (χ1n) is 5.79. The van der Waals surface area contributed by atoms with Crippen molar-refractivity contribution in [2.24, 2.45) is 5.41 Å². The molecule has 1 rings (SSSR count). The molecule has 1 amide bonds. The number of ether oxygens (including phenoxy) is 1. The number of carbonyl (C=O) groups excluding carboxylic acids is 1. The molecule has 0 spiro atoms. The van der Waals surface area contributed by atoms with Gasteiger partial charge in [-0.15, -0.1) is 0 Å². The highest BCUT2D eigenvalue weighted by molar-refractivity contribution is 5.81. The topological polar surface area (TPSA) is 38.3 Å². The number of amides is 1. The molecule has 0 aromatic heterocycles. The first-order valence-corrected chi connectivity index (χ1v) is 5.79. The van der Waals surface area contributed by atoms with E-state index in [1.54, 1.807) is 7.11 Å². The second-order valence-electron chi connectivity index (χ2n) is 5.22. The lowest BCUT2D eigenvalue weighted by molar-refractivity contribution is -0.129. The Hall–Kier alpha value is -1.51. The number of nitrogens with one attached hydrogen (secondary N) is 1. The normalized spacial score (nSPS) is 13.0. The Morgan fingerprint density at radius 2 is 2.00 bits per heavy atom. The molecule has 3 heteroatoms. The minimum atomic E-state index is -0.368. The van der Waals surface area contributed by atoms with Gasteiger partial charge in [0.1, 0.15) is 5.75 Å². The largest absolute Gasteiger partial charge is 0.497 e. The van der Waals surface area contributed by atoms with Gasteiger partial charge in [0.25, 0.3) is 0 Å². The summed E-state index contributed by atoms with van der Waals surface area (Å²) in [6, 6.07) is 7.72. The van der Waals surface area contributed by atoms with Crippen LogP contribution in [-0.2, 0) is 4.79 Å². The molecule has 0 aliphatic rings. The second-order valence-corrected chi connectivity index (χ2v) is 5.22. The van der Waals surface area contributed by atoms with E-state index in [2.05, 4.69) is 5.32 Å². The summed E-state index contributed by atoms with van der Waals surface area (Å²) >= 11 is 0. The van der Waals surface area contributed by atoms with Gasteiger partial charge in [-0.3, -0.25) is 4.79 Å². The monoisotopic (exact) mass is 235 g/mol. The summed E-state index contributed by atoms with van der Waals surface area (Å²) in [4.78, 5) is 11.9. The smallest absolute Gasteiger partial charge is 0.225 e. The van der Waals surface area contributed by atoms with Gasteiger partial charge < -0.3 is 10.1 Å². The van der Waals surface area contributed by atoms with Crippen molar-refractivity contribution in [3.05, 3.63) is 29.8 Å². The lowest BCUT2D eigenvalue weighted by atomic mass is 9.94. The third-order valence-corrected chi connectivity index (χ3v) is 2.62. The van der Waals surface area contributed by atoms with Crippen molar-refractivity contribution in [2.45, 2.75) is 33.7 Å². The average molecular weight is 235 g/mol. The van der Waals surface area contributed by atoms with Crippen LogP contribution in [0.15, 0.2) is 24.3 Å². The summed E-state index contributed by atoms with van der Waals surface area (Å²) in [5.41, 5.74) is 0.676. The van der Waals surface area contributed by atoms with E-state index in [-0.39, 0.29) is 17.4 Å². The average Bonchev–Trinajstić information content (AvgIpc) is 2.27. The van der Waals surface area contributed by atoms with Gasteiger partial charge in [0.05, 0.1) is 13.2 Å². The van der Waals surface area contributed by atoms with Crippen molar-refractivity contribution in [1.29, 1.82) is 0 Å². The van der Waals surface area contributed by atoms with E-state index in [9.17, 15) is 4.79 Å². The molecule has 0 fully saturated rings. The highest BCUT2D eigenvalue weighted by atomic mass is 16.5. The number of rotatable bonds is 3. The molecule has 0 bridgehead atoms. The van der Waals surface area contributed by atoms with Gasteiger partial charge in [-0.1, -0.05) is 32.9 Å². The van der Waals surface area contributed by atoms with Gasteiger partial charge in [0, 0.05) is 5.41 Å². The van der Waals surface area contributed by atoms with Gasteiger partial charge in [0.2, 0.25) is 5.91 Å². The van der Waals surface area contributed by atoms with E-state index in [0.29, 0.717) is 0 Å². The summed E-state index contributed by atoms with van der Waals surface area (Å²) in [5, 5.41) is 2.99. The molecule has 1 atom stereocenters. The Balaban J connectivity index is 2.76. The van der Waals surface area contributed by atoms with E-state index >= 15 is 0 Å². The van der Waals surface area contributed by atoms with Crippen molar-refractivity contribution < 1.29 is 9.53 Å². The summed E-state index contributed by atoms with van der Waals surface area (Å²) in [6.45, 7) is 7.68. The zero-order valence-electron chi connectivity index (χ0n) is 11.2. The van der Waals surface area contributed by atoms with Crippen LogP contribution in [-0.4, -0.2) is 13.0 Å². The molecule has 17 heavy (non-hydrogen) atoms. The molecule has 0 saturated carbocycles. The molecule has 94 valence electrons. The number of hydrogen-bond acceptors (Lipinski definition) is 2. The lowest BCUT2D eigenvalue weighted by Gasteiger charge is -2.22. The van der Waals surface area contributed by atoms with Gasteiger partial charge in [0.15, 0.2) is 0 Å². The molecule has 0 heterocycles. The third kappa shape index (κ3) is 3.77. The lowest BCUT2D eigenvalue weighted by Crippen LogP contribution is -2.36. The van der Waals surface area contributed by atoms with Gasteiger partial charge in [-0.25, -0.2) is 0 Å². The summed E-state index contributed by atoms with van der Waals surface area (Å²) in [7, 11) is 1.64. The van der Waals surface area contributed by atoms with Crippen LogP contribution in [0.5, 0.6) is 5.75 Å². The Labute approximate surface area is 103 Å². The van der Waals surface area contributed by atoms with Crippen LogP contribution >= 0.6 is 0 Å². The molecule has 0 aliphatic carbocycles. The van der Waals surface area contributed by atoms with Crippen LogP contribution in [0.4, 0.5) is 0 Å². The van der Waals surface area contributed by atoms with E-state index in [1.807, 2.05) is 52.0 Å². The van der Waals surface area contributed by atoms with Crippen molar-refractivity contribution >= 4 is 5.91 Å². The standard InChI is InChI=1S/C14H21NO2/c1-10(15-13(16)14(2,3)4)11-7-6-8-12(9-11)17-5/h6-10H,1-5H3,(H,15,16)/t10-/m1/s1. The van der Waals surface area contributed by atoms with E-state index in [1.165, 1.54) is 0 Å². The van der Waals surface area contributed by atoms with Crippen LogP contribution in [0.3, 0.4) is 0 Å². The molecule has 0 saturated heterocycles. The molecule has 1 aromatic rings. The molecule has 3 nitrogen and oxygen atoms in total. The second kappa shape index (κ2) is 5.21. The number of methoxy groups -OCH3 is 1. The zero-order chi connectivity index (χ0) is 13.1.